The fourth-order valence-electron chi connectivity index (χ4n) is 0.758. The van der Waals surface area contributed by atoms with Crippen LogP contribution in [-0.2, 0) is 4.74 Å². The molecule has 0 aromatic carbocycles. The van der Waals surface area contributed by atoms with Crippen molar-refractivity contribution in [1.82, 2.24) is 9.97 Å². The average molecular weight is 182 g/mol. The van der Waals surface area contributed by atoms with Gasteiger partial charge in [0.1, 0.15) is 5.69 Å². The predicted octanol–water partition coefficient (Wildman–Crippen LogP) is 0.335. The number of hydrogen-bond donors (Lipinski definition) is 1. The molecule has 0 saturated carbocycles. The number of carbonyl (C=O) groups is 1. The first-order valence-corrected chi connectivity index (χ1v) is 3.85. The molecule has 1 aromatic rings. The number of ether oxygens (including phenoxy) is 1. The third kappa shape index (κ3) is 2.70. The highest BCUT2D eigenvalue weighted by Gasteiger charge is 2.09. The molecule has 5 heteroatoms. The molecule has 0 aliphatic carbocycles. The van der Waals surface area contributed by atoms with Gasteiger partial charge in [0.25, 0.3) is 5.56 Å². The highest BCUT2D eigenvalue weighted by atomic mass is 16.5. The Kier molecular flexibility index (Phi) is 2.79. The van der Waals surface area contributed by atoms with E-state index < -0.39 is 11.5 Å². The molecule has 0 aliphatic rings. The lowest BCUT2D eigenvalue weighted by Gasteiger charge is -2.06. The first kappa shape index (κ1) is 9.44. The summed E-state index contributed by atoms with van der Waals surface area (Å²) in [6.45, 7) is 3.46. The normalized spacial score (nSPS) is 10.1. The highest BCUT2D eigenvalue weighted by Crippen LogP contribution is 1.96. The van der Waals surface area contributed by atoms with Gasteiger partial charge in [-0.2, -0.15) is 0 Å². The van der Waals surface area contributed by atoms with Gasteiger partial charge in [-0.1, -0.05) is 0 Å². The van der Waals surface area contributed by atoms with Crippen molar-refractivity contribution in [2.45, 2.75) is 20.0 Å². The first-order valence-electron chi connectivity index (χ1n) is 3.85. The van der Waals surface area contributed by atoms with Gasteiger partial charge in [-0.05, 0) is 13.8 Å². The summed E-state index contributed by atoms with van der Waals surface area (Å²) in [6, 6.07) is 0. The van der Waals surface area contributed by atoms with E-state index in [1.165, 1.54) is 6.20 Å². The molecule has 0 radical (unpaired) electrons. The van der Waals surface area contributed by atoms with Crippen molar-refractivity contribution < 1.29 is 9.53 Å². The van der Waals surface area contributed by atoms with E-state index in [1.807, 2.05) is 0 Å². The number of esters is 1. The smallest absolute Gasteiger partial charge is 0.356 e. The number of aromatic amines is 1. The van der Waals surface area contributed by atoms with Crippen LogP contribution in [0.15, 0.2) is 17.2 Å². The molecule has 0 fully saturated rings. The van der Waals surface area contributed by atoms with Crippen LogP contribution in [0, 0.1) is 0 Å². The maximum Gasteiger partial charge on any atom is 0.356 e. The number of carbonyl (C=O) groups excluding carboxylic acids is 1. The Balaban J connectivity index is 2.83. The molecule has 13 heavy (non-hydrogen) atoms. The minimum Gasteiger partial charge on any atom is -0.458 e. The third-order valence-electron chi connectivity index (χ3n) is 1.22. The van der Waals surface area contributed by atoms with Crippen molar-refractivity contribution in [3.63, 3.8) is 0 Å². The topological polar surface area (TPSA) is 72.0 Å². The molecule has 5 nitrogen and oxygen atoms in total. The Morgan fingerprint density at radius 1 is 1.54 bits per heavy atom. The molecule has 1 N–H and O–H groups in total. The monoisotopic (exact) mass is 182 g/mol. The van der Waals surface area contributed by atoms with Gasteiger partial charge in [0, 0.05) is 0 Å². The summed E-state index contributed by atoms with van der Waals surface area (Å²) >= 11 is 0. The molecular formula is C8H10N2O3. The lowest BCUT2D eigenvalue weighted by Crippen LogP contribution is -2.17. The highest BCUT2D eigenvalue weighted by molar-refractivity contribution is 5.86. The molecular weight excluding hydrogens is 172 g/mol. The van der Waals surface area contributed by atoms with Crippen LogP contribution in [0.25, 0.3) is 0 Å². The number of rotatable bonds is 2. The second kappa shape index (κ2) is 3.84. The Labute approximate surface area is 74.8 Å². The quantitative estimate of drug-likeness (QED) is 0.669. The number of nitrogens with one attached hydrogen (secondary N) is 1. The van der Waals surface area contributed by atoms with Crippen LogP contribution in [0.1, 0.15) is 24.3 Å². The standard InChI is InChI=1S/C8H10N2O3/c1-5(2)13-8(12)6-3-9-4-7(11)10-6/h3-5H,1-2H3,(H,10,11). The zero-order valence-corrected chi connectivity index (χ0v) is 7.40. The van der Waals surface area contributed by atoms with Crippen molar-refractivity contribution in [2.24, 2.45) is 0 Å². The van der Waals surface area contributed by atoms with Crippen molar-refractivity contribution >= 4 is 5.97 Å². The van der Waals surface area contributed by atoms with E-state index in [4.69, 9.17) is 4.74 Å². The molecule has 0 bridgehead atoms. The zero-order valence-electron chi connectivity index (χ0n) is 7.40. The number of hydrogen-bond acceptors (Lipinski definition) is 4. The third-order valence-corrected chi connectivity index (χ3v) is 1.22. The molecule has 1 aromatic heterocycles. The minimum absolute atomic E-state index is 0.0706. The zero-order chi connectivity index (χ0) is 9.84. The van der Waals surface area contributed by atoms with E-state index in [2.05, 4.69) is 9.97 Å². The van der Waals surface area contributed by atoms with Gasteiger partial charge in [-0.25, -0.2) is 4.79 Å². The molecule has 1 heterocycles. The lowest BCUT2D eigenvalue weighted by atomic mass is 10.4. The van der Waals surface area contributed by atoms with Crippen molar-refractivity contribution in [2.75, 3.05) is 0 Å². The fourth-order valence-corrected chi connectivity index (χ4v) is 0.758. The van der Waals surface area contributed by atoms with Crippen molar-refractivity contribution in [3.8, 4) is 0 Å². The van der Waals surface area contributed by atoms with Crippen molar-refractivity contribution in [1.29, 1.82) is 0 Å². The van der Waals surface area contributed by atoms with Crippen LogP contribution in [0.3, 0.4) is 0 Å². The summed E-state index contributed by atoms with van der Waals surface area (Å²) in [5.41, 5.74) is -0.348. The van der Waals surface area contributed by atoms with Crippen molar-refractivity contribution in [3.05, 3.63) is 28.4 Å². The Bertz CT molecular complexity index is 356. The van der Waals surface area contributed by atoms with E-state index in [0.717, 1.165) is 6.20 Å². The SMILES string of the molecule is CC(C)OC(=O)c1cncc(=O)[nH]1. The maximum atomic E-state index is 11.2. The molecule has 0 saturated heterocycles. The second-order valence-electron chi connectivity index (χ2n) is 2.76. The summed E-state index contributed by atoms with van der Waals surface area (Å²) in [6.07, 6.45) is 2.13. The summed E-state index contributed by atoms with van der Waals surface area (Å²) in [5, 5.41) is 0. The Morgan fingerprint density at radius 2 is 2.23 bits per heavy atom. The van der Waals surface area contributed by atoms with Crippen LogP contribution >= 0.6 is 0 Å². The predicted molar refractivity (Wildman–Crippen MR) is 45.4 cm³/mol. The van der Waals surface area contributed by atoms with Crippen LogP contribution < -0.4 is 5.56 Å². The van der Waals surface area contributed by atoms with Crippen LogP contribution in [0.4, 0.5) is 0 Å². The average Bonchev–Trinajstić information content (AvgIpc) is 2.03. The summed E-state index contributed by atoms with van der Waals surface area (Å²) < 4.78 is 4.84. The van der Waals surface area contributed by atoms with Gasteiger partial charge in [0.05, 0.1) is 18.5 Å². The molecule has 0 spiro atoms. The van der Waals surface area contributed by atoms with Gasteiger partial charge in [-0.3, -0.25) is 9.78 Å². The Hall–Kier alpha value is -1.65. The number of H-pyrrole nitrogens is 1. The van der Waals surface area contributed by atoms with Gasteiger partial charge in [-0.15, -0.1) is 0 Å². The van der Waals surface area contributed by atoms with E-state index in [1.54, 1.807) is 13.8 Å². The summed E-state index contributed by atoms with van der Waals surface area (Å²) in [7, 11) is 0. The molecule has 0 atom stereocenters. The second-order valence-corrected chi connectivity index (χ2v) is 2.76. The van der Waals surface area contributed by atoms with Crippen LogP contribution in [0.5, 0.6) is 0 Å². The maximum absolute atomic E-state index is 11.2. The van der Waals surface area contributed by atoms with E-state index >= 15 is 0 Å². The minimum atomic E-state index is -0.569. The van der Waals surface area contributed by atoms with Gasteiger partial charge in [0.15, 0.2) is 0 Å². The van der Waals surface area contributed by atoms with Crippen LogP contribution in [0.2, 0.25) is 0 Å². The molecule has 70 valence electrons. The molecule has 0 amide bonds. The summed E-state index contributed by atoms with van der Waals surface area (Å²) in [4.78, 5) is 27.8. The van der Waals surface area contributed by atoms with E-state index in [0.29, 0.717) is 0 Å². The number of nitrogens with zero attached hydrogens (tertiary/aromatic N) is 1. The Morgan fingerprint density at radius 3 is 2.77 bits per heavy atom. The van der Waals surface area contributed by atoms with Crippen LogP contribution in [-0.4, -0.2) is 22.0 Å². The van der Waals surface area contributed by atoms with Gasteiger partial charge >= 0.3 is 5.97 Å². The largest absolute Gasteiger partial charge is 0.458 e. The van der Waals surface area contributed by atoms with E-state index in [9.17, 15) is 9.59 Å². The van der Waals surface area contributed by atoms with Gasteiger partial charge < -0.3 is 9.72 Å². The number of aromatic nitrogens is 2. The molecule has 0 aliphatic heterocycles. The lowest BCUT2D eigenvalue weighted by molar-refractivity contribution is 0.0370. The first-order chi connectivity index (χ1) is 6.09. The molecule has 0 unspecified atom stereocenters. The molecule has 1 rings (SSSR count). The fraction of sp³-hybridized carbons (Fsp3) is 0.375. The summed E-state index contributed by atoms with van der Waals surface area (Å²) in [5.74, 6) is -0.569. The van der Waals surface area contributed by atoms with Gasteiger partial charge in [0.2, 0.25) is 0 Å². The van der Waals surface area contributed by atoms with E-state index in [-0.39, 0.29) is 11.8 Å².